The van der Waals surface area contributed by atoms with E-state index in [9.17, 15) is 0 Å². The zero-order valence-corrected chi connectivity index (χ0v) is 13.9. The van der Waals surface area contributed by atoms with Crippen molar-refractivity contribution in [1.82, 2.24) is 19.5 Å². The van der Waals surface area contributed by atoms with Crippen LogP contribution in [0.5, 0.6) is 0 Å². The zero-order chi connectivity index (χ0) is 16.2. The lowest BCUT2D eigenvalue weighted by molar-refractivity contribution is 0.673. The van der Waals surface area contributed by atoms with E-state index in [-0.39, 0.29) is 0 Å². The Kier molecular flexibility index (Phi) is 4.57. The summed E-state index contributed by atoms with van der Waals surface area (Å²) < 4.78 is 1.86. The highest BCUT2D eigenvalue weighted by molar-refractivity contribution is 6.30. The number of aromatic nitrogens is 4. The van der Waals surface area contributed by atoms with Crippen molar-refractivity contribution in [1.29, 1.82) is 0 Å². The van der Waals surface area contributed by atoms with Gasteiger partial charge in [-0.1, -0.05) is 23.7 Å². The highest BCUT2D eigenvalue weighted by Gasteiger charge is 2.13. The molecule has 5 nitrogen and oxygen atoms in total. The number of likely N-dealkylation sites (N-methyl/N-ethyl adjacent to an activating group) is 1. The Morgan fingerprint density at radius 1 is 1.22 bits per heavy atom. The van der Waals surface area contributed by atoms with Crippen LogP contribution in [0.2, 0.25) is 5.02 Å². The molecule has 2 heterocycles. The molecule has 0 spiro atoms. The summed E-state index contributed by atoms with van der Waals surface area (Å²) in [5, 5.41) is 0.760. The smallest absolute Gasteiger partial charge is 0.143 e. The Balaban J connectivity index is 1.75. The summed E-state index contributed by atoms with van der Waals surface area (Å²) in [6.45, 7) is 2.17. The van der Waals surface area contributed by atoms with Gasteiger partial charge in [-0.3, -0.25) is 4.57 Å². The standard InChI is InChI=1S/C17H18ClN5/c1-13(9-14-3-5-15(18)6-4-14)22(2)16-10-17(21-11-20-16)23-8-7-19-12-23/h3-8,10-13H,9H2,1-2H3. The van der Waals surface area contributed by atoms with Crippen LogP contribution in [-0.4, -0.2) is 32.6 Å². The summed E-state index contributed by atoms with van der Waals surface area (Å²) in [6, 6.07) is 10.2. The van der Waals surface area contributed by atoms with Crippen molar-refractivity contribution in [3.05, 3.63) is 66.0 Å². The van der Waals surface area contributed by atoms with Crippen LogP contribution in [-0.2, 0) is 6.42 Å². The molecule has 2 aromatic heterocycles. The van der Waals surface area contributed by atoms with E-state index in [2.05, 4.69) is 38.9 Å². The fourth-order valence-electron chi connectivity index (χ4n) is 2.39. The molecule has 1 atom stereocenters. The molecular weight excluding hydrogens is 310 g/mol. The average Bonchev–Trinajstić information content (AvgIpc) is 3.11. The molecule has 0 aliphatic carbocycles. The molecule has 3 rings (SSSR count). The topological polar surface area (TPSA) is 46.8 Å². The van der Waals surface area contributed by atoms with Crippen LogP contribution in [0.1, 0.15) is 12.5 Å². The monoisotopic (exact) mass is 327 g/mol. The highest BCUT2D eigenvalue weighted by atomic mass is 35.5. The third-order valence-electron chi connectivity index (χ3n) is 3.87. The molecule has 0 radical (unpaired) electrons. The fourth-order valence-corrected chi connectivity index (χ4v) is 2.52. The molecule has 3 aromatic rings. The SMILES string of the molecule is CC(Cc1ccc(Cl)cc1)N(C)c1cc(-n2ccnc2)ncn1. The lowest BCUT2D eigenvalue weighted by atomic mass is 10.1. The molecule has 118 valence electrons. The first-order valence-electron chi connectivity index (χ1n) is 7.41. The number of imidazole rings is 1. The summed E-state index contributed by atoms with van der Waals surface area (Å²) >= 11 is 5.94. The van der Waals surface area contributed by atoms with E-state index in [1.54, 1.807) is 18.9 Å². The fraction of sp³-hybridized carbons (Fsp3) is 0.235. The summed E-state index contributed by atoms with van der Waals surface area (Å²) in [5.74, 6) is 1.68. The van der Waals surface area contributed by atoms with E-state index in [0.717, 1.165) is 23.1 Å². The van der Waals surface area contributed by atoms with Gasteiger partial charge >= 0.3 is 0 Å². The van der Waals surface area contributed by atoms with Gasteiger partial charge in [0.25, 0.3) is 0 Å². The first kappa shape index (κ1) is 15.5. The Hall–Kier alpha value is -2.40. The number of rotatable bonds is 5. The predicted octanol–water partition coefficient (Wildman–Crippen LogP) is 3.38. The minimum Gasteiger partial charge on any atom is -0.356 e. The van der Waals surface area contributed by atoms with E-state index in [1.807, 2.05) is 36.0 Å². The molecule has 0 saturated carbocycles. The van der Waals surface area contributed by atoms with Crippen molar-refractivity contribution in [2.45, 2.75) is 19.4 Å². The summed E-state index contributed by atoms with van der Waals surface area (Å²) in [4.78, 5) is 14.9. The molecule has 0 saturated heterocycles. The minimum absolute atomic E-state index is 0.293. The second kappa shape index (κ2) is 6.79. The molecule has 0 aliphatic heterocycles. The second-order valence-electron chi connectivity index (χ2n) is 5.49. The summed E-state index contributed by atoms with van der Waals surface area (Å²) in [5.41, 5.74) is 1.25. The van der Waals surface area contributed by atoms with Crippen LogP contribution >= 0.6 is 11.6 Å². The van der Waals surface area contributed by atoms with Gasteiger partial charge in [0.05, 0.1) is 0 Å². The van der Waals surface area contributed by atoms with Gasteiger partial charge in [0.2, 0.25) is 0 Å². The maximum Gasteiger partial charge on any atom is 0.143 e. The molecule has 0 N–H and O–H groups in total. The molecule has 1 unspecified atom stereocenters. The van der Waals surface area contributed by atoms with Gasteiger partial charge in [-0.25, -0.2) is 15.0 Å². The molecule has 0 amide bonds. The van der Waals surface area contributed by atoms with Gasteiger partial charge in [-0.15, -0.1) is 0 Å². The van der Waals surface area contributed by atoms with Crippen LogP contribution in [0, 0.1) is 0 Å². The Bertz CT molecular complexity index is 755. The number of benzene rings is 1. The molecule has 6 heteroatoms. The number of anilines is 1. The third kappa shape index (κ3) is 3.68. The van der Waals surface area contributed by atoms with E-state index in [0.29, 0.717) is 6.04 Å². The van der Waals surface area contributed by atoms with Crippen molar-refractivity contribution >= 4 is 17.4 Å². The second-order valence-corrected chi connectivity index (χ2v) is 5.93. The van der Waals surface area contributed by atoms with E-state index in [4.69, 9.17) is 11.6 Å². The van der Waals surface area contributed by atoms with Crippen LogP contribution < -0.4 is 4.90 Å². The van der Waals surface area contributed by atoms with Gasteiger partial charge in [0, 0.05) is 36.6 Å². The Morgan fingerprint density at radius 3 is 2.70 bits per heavy atom. The van der Waals surface area contributed by atoms with Crippen molar-refractivity contribution in [2.24, 2.45) is 0 Å². The van der Waals surface area contributed by atoms with Crippen LogP contribution in [0.3, 0.4) is 0 Å². The molecule has 0 fully saturated rings. The van der Waals surface area contributed by atoms with Crippen LogP contribution in [0.25, 0.3) is 5.82 Å². The van der Waals surface area contributed by atoms with Gasteiger partial charge in [0.15, 0.2) is 0 Å². The van der Waals surface area contributed by atoms with Crippen molar-refractivity contribution in [2.75, 3.05) is 11.9 Å². The minimum atomic E-state index is 0.293. The number of halogens is 1. The molecule has 0 bridgehead atoms. The Morgan fingerprint density at radius 2 is 2.00 bits per heavy atom. The van der Waals surface area contributed by atoms with Crippen LogP contribution in [0.4, 0.5) is 5.82 Å². The number of hydrogen-bond acceptors (Lipinski definition) is 4. The lowest BCUT2D eigenvalue weighted by Crippen LogP contribution is -2.31. The van der Waals surface area contributed by atoms with E-state index >= 15 is 0 Å². The maximum atomic E-state index is 5.94. The quantitative estimate of drug-likeness (QED) is 0.720. The number of nitrogens with zero attached hydrogens (tertiary/aromatic N) is 5. The van der Waals surface area contributed by atoms with Gasteiger partial charge in [0.1, 0.15) is 24.3 Å². The molecule has 23 heavy (non-hydrogen) atoms. The van der Waals surface area contributed by atoms with Crippen molar-refractivity contribution < 1.29 is 0 Å². The first-order chi connectivity index (χ1) is 11.1. The van der Waals surface area contributed by atoms with Gasteiger partial charge < -0.3 is 4.90 Å². The van der Waals surface area contributed by atoms with Gasteiger partial charge in [-0.2, -0.15) is 0 Å². The summed E-state index contributed by atoms with van der Waals surface area (Å²) in [7, 11) is 2.04. The number of hydrogen-bond donors (Lipinski definition) is 0. The lowest BCUT2D eigenvalue weighted by Gasteiger charge is -2.26. The van der Waals surface area contributed by atoms with E-state index < -0.39 is 0 Å². The molecule has 0 aliphatic rings. The zero-order valence-electron chi connectivity index (χ0n) is 13.1. The largest absolute Gasteiger partial charge is 0.356 e. The molecule has 1 aromatic carbocycles. The third-order valence-corrected chi connectivity index (χ3v) is 4.13. The van der Waals surface area contributed by atoms with E-state index in [1.165, 1.54) is 5.56 Å². The average molecular weight is 328 g/mol. The maximum absolute atomic E-state index is 5.94. The highest BCUT2D eigenvalue weighted by Crippen LogP contribution is 2.18. The van der Waals surface area contributed by atoms with Crippen molar-refractivity contribution in [3.8, 4) is 5.82 Å². The van der Waals surface area contributed by atoms with Crippen LogP contribution in [0.15, 0.2) is 55.4 Å². The normalized spacial score (nSPS) is 12.1. The molecular formula is C17H18ClN5. The van der Waals surface area contributed by atoms with Crippen molar-refractivity contribution in [3.63, 3.8) is 0 Å². The first-order valence-corrected chi connectivity index (χ1v) is 7.79. The van der Waals surface area contributed by atoms with Gasteiger partial charge in [-0.05, 0) is 31.0 Å². The predicted molar refractivity (Wildman–Crippen MR) is 92.2 cm³/mol. The summed E-state index contributed by atoms with van der Waals surface area (Å²) in [6.07, 6.45) is 7.81. The Labute approximate surface area is 140 Å².